The molecule has 0 unspecified atom stereocenters. The fraction of sp³-hybridized carbons (Fsp3) is 0.400. The second-order valence-corrected chi connectivity index (χ2v) is 5.90. The standard InChI is InChI=1S/C20H25NO4/c1-4-25-20(23)19-17(18(15(3)22)14(2)21-19)11-8-12-24-13-16-9-6-5-7-10-16/h5-7,9-10,21H,4,8,11-13H2,1-3H3. The molecule has 0 aliphatic rings. The second-order valence-electron chi connectivity index (χ2n) is 5.90. The van der Waals surface area contributed by atoms with Crippen molar-refractivity contribution in [3.05, 3.63) is 58.4 Å². The van der Waals surface area contributed by atoms with Crippen LogP contribution in [0.1, 0.15) is 57.9 Å². The number of H-pyrrole nitrogens is 1. The van der Waals surface area contributed by atoms with E-state index in [4.69, 9.17) is 9.47 Å². The van der Waals surface area contributed by atoms with Gasteiger partial charge in [0.2, 0.25) is 0 Å². The number of benzene rings is 1. The highest BCUT2D eigenvalue weighted by Crippen LogP contribution is 2.22. The third kappa shape index (κ3) is 5.03. The minimum atomic E-state index is -0.418. The van der Waals surface area contributed by atoms with Gasteiger partial charge in [-0.3, -0.25) is 4.79 Å². The van der Waals surface area contributed by atoms with Gasteiger partial charge < -0.3 is 14.5 Å². The molecule has 0 bridgehead atoms. The number of rotatable bonds is 9. The zero-order chi connectivity index (χ0) is 18.2. The number of aromatic amines is 1. The van der Waals surface area contributed by atoms with Gasteiger partial charge >= 0.3 is 5.97 Å². The van der Waals surface area contributed by atoms with E-state index in [2.05, 4.69) is 4.98 Å². The van der Waals surface area contributed by atoms with E-state index in [9.17, 15) is 9.59 Å². The van der Waals surface area contributed by atoms with E-state index in [-0.39, 0.29) is 5.78 Å². The molecule has 0 fully saturated rings. The van der Waals surface area contributed by atoms with Crippen molar-refractivity contribution in [3.63, 3.8) is 0 Å². The highest BCUT2D eigenvalue weighted by molar-refractivity contribution is 6.01. The molecule has 1 N–H and O–H groups in total. The van der Waals surface area contributed by atoms with Gasteiger partial charge in [-0.05, 0) is 44.7 Å². The lowest BCUT2D eigenvalue weighted by atomic mass is 10.0. The number of hydrogen-bond donors (Lipinski definition) is 1. The number of carbonyl (C=O) groups excluding carboxylic acids is 2. The van der Waals surface area contributed by atoms with E-state index in [1.165, 1.54) is 6.92 Å². The Hall–Kier alpha value is -2.40. The molecule has 0 spiro atoms. The molecule has 134 valence electrons. The highest BCUT2D eigenvalue weighted by atomic mass is 16.5. The van der Waals surface area contributed by atoms with Gasteiger partial charge in [0.15, 0.2) is 5.78 Å². The lowest BCUT2D eigenvalue weighted by Gasteiger charge is -2.07. The fourth-order valence-corrected chi connectivity index (χ4v) is 2.90. The lowest BCUT2D eigenvalue weighted by Crippen LogP contribution is -2.10. The number of esters is 1. The molecule has 5 heteroatoms. The molecule has 5 nitrogen and oxygen atoms in total. The van der Waals surface area contributed by atoms with E-state index in [0.717, 1.165) is 17.5 Å². The van der Waals surface area contributed by atoms with E-state index < -0.39 is 5.97 Å². The summed E-state index contributed by atoms with van der Waals surface area (Å²) >= 11 is 0. The van der Waals surface area contributed by atoms with Gasteiger partial charge in [-0.2, -0.15) is 0 Å². The lowest BCUT2D eigenvalue weighted by molar-refractivity contribution is 0.0518. The van der Waals surface area contributed by atoms with Crippen LogP contribution in [-0.2, 0) is 22.5 Å². The number of carbonyl (C=O) groups is 2. The molecule has 1 heterocycles. The van der Waals surface area contributed by atoms with Crippen LogP contribution in [0.15, 0.2) is 30.3 Å². The van der Waals surface area contributed by atoms with Crippen LogP contribution in [0.25, 0.3) is 0 Å². The molecule has 0 atom stereocenters. The SMILES string of the molecule is CCOC(=O)c1[nH]c(C)c(C(C)=O)c1CCCOCc1ccccc1. The predicted octanol–water partition coefficient (Wildman–Crippen LogP) is 3.85. The van der Waals surface area contributed by atoms with Crippen LogP contribution < -0.4 is 0 Å². The summed E-state index contributed by atoms with van der Waals surface area (Å²) in [6.07, 6.45) is 1.30. The molecule has 0 aliphatic carbocycles. The average molecular weight is 343 g/mol. The maximum atomic E-state index is 12.1. The zero-order valence-electron chi connectivity index (χ0n) is 15.1. The molecule has 1 aromatic carbocycles. The van der Waals surface area contributed by atoms with Crippen molar-refractivity contribution >= 4 is 11.8 Å². The van der Waals surface area contributed by atoms with E-state index in [1.807, 2.05) is 30.3 Å². The minimum absolute atomic E-state index is 0.0514. The van der Waals surface area contributed by atoms with Crippen molar-refractivity contribution in [2.45, 2.75) is 40.2 Å². The number of nitrogens with one attached hydrogen (secondary N) is 1. The first-order valence-electron chi connectivity index (χ1n) is 8.55. The van der Waals surface area contributed by atoms with Crippen molar-refractivity contribution in [1.29, 1.82) is 0 Å². The molecule has 0 amide bonds. The summed E-state index contributed by atoms with van der Waals surface area (Å²) in [6, 6.07) is 9.96. The number of Topliss-reactive ketones (excluding diaryl/α,β-unsaturated/α-hetero) is 1. The van der Waals surface area contributed by atoms with Crippen LogP contribution >= 0.6 is 0 Å². The first-order valence-corrected chi connectivity index (χ1v) is 8.55. The summed E-state index contributed by atoms with van der Waals surface area (Å²) in [6.45, 7) is 6.48. The smallest absolute Gasteiger partial charge is 0.355 e. The van der Waals surface area contributed by atoms with Crippen LogP contribution in [0, 0.1) is 6.92 Å². The Balaban J connectivity index is 1.99. The highest BCUT2D eigenvalue weighted by Gasteiger charge is 2.23. The van der Waals surface area contributed by atoms with Crippen molar-refractivity contribution in [2.24, 2.45) is 0 Å². The molecule has 1 aromatic heterocycles. The summed E-state index contributed by atoms with van der Waals surface area (Å²) < 4.78 is 10.8. The molecule has 2 aromatic rings. The normalized spacial score (nSPS) is 10.7. The van der Waals surface area contributed by atoms with Gasteiger partial charge in [-0.25, -0.2) is 4.79 Å². The Morgan fingerprint density at radius 3 is 2.52 bits per heavy atom. The first kappa shape index (κ1) is 18.9. The van der Waals surface area contributed by atoms with Crippen molar-refractivity contribution in [1.82, 2.24) is 4.98 Å². The van der Waals surface area contributed by atoms with Crippen LogP contribution in [0.4, 0.5) is 0 Å². The molecule has 0 radical (unpaired) electrons. The van der Waals surface area contributed by atoms with Gasteiger partial charge in [-0.15, -0.1) is 0 Å². The zero-order valence-corrected chi connectivity index (χ0v) is 15.1. The molecular formula is C20H25NO4. The van der Waals surface area contributed by atoms with E-state index in [0.29, 0.717) is 43.2 Å². The Morgan fingerprint density at radius 2 is 1.88 bits per heavy atom. The van der Waals surface area contributed by atoms with Crippen LogP contribution in [0.3, 0.4) is 0 Å². The molecule has 2 rings (SSSR count). The maximum Gasteiger partial charge on any atom is 0.355 e. The topological polar surface area (TPSA) is 68.4 Å². The second kappa shape index (κ2) is 9.18. The molecule has 0 saturated heterocycles. The monoisotopic (exact) mass is 343 g/mol. The third-order valence-corrected chi connectivity index (χ3v) is 3.95. The summed E-state index contributed by atoms with van der Waals surface area (Å²) in [5.41, 5.74) is 3.53. The van der Waals surface area contributed by atoms with Crippen LogP contribution in [-0.4, -0.2) is 30.0 Å². The molecular weight excluding hydrogens is 318 g/mol. The summed E-state index contributed by atoms with van der Waals surface area (Å²) in [4.78, 5) is 27.1. The molecule has 0 saturated carbocycles. The molecule has 0 aliphatic heterocycles. The van der Waals surface area contributed by atoms with Crippen molar-refractivity contribution in [3.8, 4) is 0 Å². The predicted molar refractivity (Wildman–Crippen MR) is 95.9 cm³/mol. The molecule has 25 heavy (non-hydrogen) atoms. The van der Waals surface area contributed by atoms with E-state index >= 15 is 0 Å². The minimum Gasteiger partial charge on any atom is -0.461 e. The van der Waals surface area contributed by atoms with Crippen LogP contribution in [0.5, 0.6) is 0 Å². The number of aryl methyl sites for hydroxylation is 1. The fourth-order valence-electron chi connectivity index (χ4n) is 2.90. The first-order chi connectivity index (χ1) is 12.0. The third-order valence-electron chi connectivity index (χ3n) is 3.95. The van der Waals surface area contributed by atoms with Crippen molar-refractivity contribution < 1.29 is 19.1 Å². The Bertz CT molecular complexity index is 719. The quantitative estimate of drug-likeness (QED) is 0.426. The Labute approximate surface area is 148 Å². The Kier molecular flexibility index (Phi) is 6.95. The van der Waals surface area contributed by atoms with Crippen LogP contribution in [0.2, 0.25) is 0 Å². The van der Waals surface area contributed by atoms with Gasteiger partial charge in [0.25, 0.3) is 0 Å². The van der Waals surface area contributed by atoms with E-state index in [1.54, 1.807) is 13.8 Å². The van der Waals surface area contributed by atoms with Gasteiger partial charge in [0, 0.05) is 17.9 Å². The van der Waals surface area contributed by atoms with Gasteiger partial charge in [-0.1, -0.05) is 30.3 Å². The number of ketones is 1. The summed E-state index contributed by atoms with van der Waals surface area (Å²) in [5, 5.41) is 0. The largest absolute Gasteiger partial charge is 0.461 e. The number of hydrogen-bond acceptors (Lipinski definition) is 4. The number of aromatic nitrogens is 1. The summed E-state index contributed by atoms with van der Waals surface area (Å²) in [5.74, 6) is -0.470. The van der Waals surface area contributed by atoms with Gasteiger partial charge in [0.05, 0.1) is 13.2 Å². The summed E-state index contributed by atoms with van der Waals surface area (Å²) in [7, 11) is 0. The average Bonchev–Trinajstić information content (AvgIpc) is 2.92. The Morgan fingerprint density at radius 1 is 1.16 bits per heavy atom. The van der Waals surface area contributed by atoms with Crippen molar-refractivity contribution in [2.75, 3.05) is 13.2 Å². The maximum absolute atomic E-state index is 12.1. The van der Waals surface area contributed by atoms with Gasteiger partial charge in [0.1, 0.15) is 5.69 Å². The number of ether oxygens (including phenoxy) is 2.